The molecule has 3 rings (SSSR count). The van der Waals surface area contributed by atoms with Gasteiger partial charge in [0, 0.05) is 29.6 Å². The van der Waals surface area contributed by atoms with E-state index in [4.69, 9.17) is 9.47 Å². The molecular weight excluding hydrogens is 334 g/mol. The maximum Gasteiger partial charge on any atom is 0.270 e. The third-order valence-electron chi connectivity index (χ3n) is 3.44. The molecule has 1 aromatic carbocycles. The number of nitrogens with zero attached hydrogens (tertiary/aromatic N) is 2. The highest BCUT2D eigenvalue weighted by molar-refractivity contribution is 7.13. The van der Waals surface area contributed by atoms with Gasteiger partial charge >= 0.3 is 0 Å². The van der Waals surface area contributed by atoms with E-state index in [1.165, 1.54) is 23.5 Å². The lowest BCUT2D eigenvalue weighted by molar-refractivity contribution is -0.384. The Hall–Kier alpha value is -2.36. The van der Waals surface area contributed by atoms with Crippen molar-refractivity contribution in [3.05, 3.63) is 45.5 Å². The highest BCUT2D eigenvalue weighted by Gasteiger charge is 2.17. The Bertz CT molecular complexity index is 725. The van der Waals surface area contributed by atoms with Crippen molar-refractivity contribution in [2.75, 3.05) is 26.4 Å². The second-order valence-corrected chi connectivity index (χ2v) is 5.98. The predicted octanol–water partition coefficient (Wildman–Crippen LogP) is 1.86. The molecule has 1 aromatic heterocycles. The summed E-state index contributed by atoms with van der Waals surface area (Å²) >= 11 is 1.31. The summed E-state index contributed by atoms with van der Waals surface area (Å²) in [5.74, 6) is -0.284. The third-order valence-corrected chi connectivity index (χ3v) is 4.33. The fourth-order valence-corrected chi connectivity index (χ4v) is 2.99. The van der Waals surface area contributed by atoms with E-state index >= 15 is 0 Å². The zero-order valence-electron chi connectivity index (χ0n) is 12.6. The molecule has 1 N–H and O–H groups in total. The van der Waals surface area contributed by atoms with Crippen molar-refractivity contribution in [1.29, 1.82) is 0 Å². The average molecular weight is 349 g/mol. The van der Waals surface area contributed by atoms with Crippen LogP contribution in [0, 0.1) is 10.1 Å². The Morgan fingerprint density at radius 1 is 1.38 bits per heavy atom. The van der Waals surface area contributed by atoms with Gasteiger partial charge in [-0.1, -0.05) is 0 Å². The van der Waals surface area contributed by atoms with Gasteiger partial charge in [-0.3, -0.25) is 14.9 Å². The minimum absolute atomic E-state index is 0.0166. The van der Waals surface area contributed by atoms with E-state index < -0.39 is 4.92 Å². The monoisotopic (exact) mass is 349 g/mol. The lowest BCUT2D eigenvalue weighted by atomic mass is 10.2. The Labute approximate surface area is 141 Å². The van der Waals surface area contributed by atoms with Gasteiger partial charge in [-0.25, -0.2) is 4.98 Å². The third kappa shape index (κ3) is 3.94. The van der Waals surface area contributed by atoms with E-state index in [1.54, 1.807) is 17.5 Å². The van der Waals surface area contributed by atoms with Crippen LogP contribution in [0.4, 0.5) is 5.69 Å². The van der Waals surface area contributed by atoms with Crippen LogP contribution in [-0.2, 0) is 9.47 Å². The highest BCUT2D eigenvalue weighted by Crippen LogP contribution is 2.25. The number of amides is 1. The van der Waals surface area contributed by atoms with Gasteiger partial charge in [0.2, 0.25) is 0 Å². The summed E-state index contributed by atoms with van der Waals surface area (Å²) in [7, 11) is 0. The molecule has 0 saturated carbocycles. The molecule has 0 aliphatic carbocycles. The molecule has 1 fully saturated rings. The van der Waals surface area contributed by atoms with E-state index in [1.807, 2.05) is 0 Å². The molecule has 0 unspecified atom stereocenters. The summed E-state index contributed by atoms with van der Waals surface area (Å²) in [6.45, 7) is 1.94. The summed E-state index contributed by atoms with van der Waals surface area (Å²) in [5.41, 5.74) is 1.06. The fraction of sp³-hybridized carbons (Fsp3) is 0.333. The van der Waals surface area contributed by atoms with Gasteiger partial charge < -0.3 is 14.8 Å². The Balaban J connectivity index is 1.61. The number of benzene rings is 1. The zero-order valence-corrected chi connectivity index (χ0v) is 13.5. The summed E-state index contributed by atoms with van der Waals surface area (Å²) in [5, 5.41) is 15.7. The van der Waals surface area contributed by atoms with E-state index in [-0.39, 0.29) is 17.7 Å². The first-order valence-electron chi connectivity index (χ1n) is 7.31. The number of hydrogen-bond acceptors (Lipinski definition) is 7. The lowest BCUT2D eigenvalue weighted by Crippen LogP contribution is -2.39. The predicted molar refractivity (Wildman–Crippen MR) is 87.1 cm³/mol. The fourth-order valence-electron chi connectivity index (χ4n) is 2.19. The maximum absolute atomic E-state index is 12.1. The van der Waals surface area contributed by atoms with Gasteiger partial charge in [-0.2, -0.15) is 0 Å². The minimum atomic E-state index is -0.457. The molecule has 24 heavy (non-hydrogen) atoms. The molecule has 126 valence electrons. The Morgan fingerprint density at radius 3 is 2.83 bits per heavy atom. The first kappa shape index (κ1) is 16.5. The number of thiazole rings is 1. The topological polar surface area (TPSA) is 104 Å². The molecule has 1 amide bonds. The second-order valence-electron chi connectivity index (χ2n) is 5.12. The number of aromatic nitrogens is 1. The number of carbonyl (C=O) groups excluding carboxylic acids is 1. The smallest absolute Gasteiger partial charge is 0.270 e. The van der Waals surface area contributed by atoms with E-state index in [2.05, 4.69) is 10.3 Å². The van der Waals surface area contributed by atoms with Gasteiger partial charge in [0.25, 0.3) is 11.6 Å². The quantitative estimate of drug-likeness (QED) is 0.653. The van der Waals surface area contributed by atoms with Crippen LogP contribution in [0.25, 0.3) is 10.6 Å². The number of nitro benzene ring substituents is 1. The SMILES string of the molecule is O=C(NC[C@@H]1COCCO1)c1csc(-c2ccc([N+](=O)[O-])cc2)n1. The Kier molecular flexibility index (Phi) is 5.14. The van der Waals surface area contributed by atoms with Crippen molar-refractivity contribution in [3.63, 3.8) is 0 Å². The van der Waals surface area contributed by atoms with Crippen molar-refractivity contribution < 1.29 is 19.2 Å². The molecule has 1 aliphatic heterocycles. The van der Waals surface area contributed by atoms with E-state index in [0.717, 1.165) is 5.56 Å². The number of nitro groups is 1. The first-order chi connectivity index (χ1) is 11.6. The Morgan fingerprint density at radius 2 is 2.17 bits per heavy atom. The van der Waals surface area contributed by atoms with Crippen molar-refractivity contribution in [3.8, 4) is 10.6 Å². The molecule has 1 atom stereocenters. The van der Waals surface area contributed by atoms with Crippen LogP contribution < -0.4 is 5.32 Å². The molecule has 2 heterocycles. The van der Waals surface area contributed by atoms with Gasteiger partial charge in [0.15, 0.2) is 0 Å². The van der Waals surface area contributed by atoms with Crippen molar-refractivity contribution in [2.24, 2.45) is 0 Å². The number of carbonyl (C=O) groups is 1. The van der Waals surface area contributed by atoms with E-state index in [0.29, 0.717) is 37.1 Å². The normalized spacial score (nSPS) is 17.4. The van der Waals surface area contributed by atoms with Gasteiger partial charge in [-0.05, 0) is 12.1 Å². The molecule has 1 aliphatic rings. The first-order valence-corrected chi connectivity index (χ1v) is 8.19. The van der Waals surface area contributed by atoms with Crippen LogP contribution in [0.1, 0.15) is 10.5 Å². The van der Waals surface area contributed by atoms with Crippen LogP contribution in [0.3, 0.4) is 0 Å². The molecule has 2 aromatic rings. The number of ether oxygens (including phenoxy) is 2. The zero-order chi connectivity index (χ0) is 16.9. The molecule has 0 bridgehead atoms. The minimum Gasteiger partial charge on any atom is -0.376 e. The van der Waals surface area contributed by atoms with Crippen LogP contribution in [0.15, 0.2) is 29.6 Å². The van der Waals surface area contributed by atoms with Crippen molar-refractivity contribution >= 4 is 22.9 Å². The van der Waals surface area contributed by atoms with Crippen LogP contribution in [0.2, 0.25) is 0 Å². The van der Waals surface area contributed by atoms with Crippen LogP contribution in [0.5, 0.6) is 0 Å². The second kappa shape index (κ2) is 7.47. The molecule has 0 radical (unpaired) electrons. The summed E-state index contributed by atoms with van der Waals surface area (Å²) in [6.07, 6.45) is -0.143. The van der Waals surface area contributed by atoms with Gasteiger partial charge in [0.1, 0.15) is 10.7 Å². The molecule has 8 nitrogen and oxygen atoms in total. The largest absolute Gasteiger partial charge is 0.376 e. The van der Waals surface area contributed by atoms with Crippen molar-refractivity contribution in [2.45, 2.75) is 6.10 Å². The van der Waals surface area contributed by atoms with Crippen molar-refractivity contribution in [1.82, 2.24) is 10.3 Å². The standard InChI is InChI=1S/C15H15N3O5S/c19-14(16-7-12-8-22-5-6-23-12)13-9-24-15(17-13)10-1-3-11(4-2-10)18(20)21/h1-4,9,12H,5-8H2,(H,16,19)/t12-/m1/s1. The average Bonchev–Trinajstić information content (AvgIpc) is 3.11. The summed E-state index contributed by atoms with van der Waals surface area (Å²) < 4.78 is 10.7. The van der Waals surface area contributed by atoms with E-state index in [9.17, 15) is 14.9 Å². The highest BCUT2D eigenvalue weighted by atomic mass is 32.1. The number of nitrogens with one attached hydrogen (secondary N) is 1. The lowest BCUT2D eigenvalue weighted by Gasteiger charge is -2.22. The number of hydrogen-bond donors (Lipinski definition) is 1. The summed E-state index contributed by atoms with van der Waals surface area (Å²) in [6, 6.07) is 6.06. The van der Waals surface area contributed by atoms with Crippen LogP contribution >= 0.6 is 11.3 Å². The van der Waals surface area contributed by atoms with Crippen LogP contribution in [-0.4, -0.2) is 48.3 Å². The molecular formula is C15H15N3O5S. The van der Waals surface area contributed by atoms with Gasteiger partial charge in [0.05, 0.1) is 30.8 Å². The number of non-ortho nitro benzene ring substituents is 1. The molecule has 0 spiro atoms. The number of rotatable bonds is 5. The molecule has 9 heteroatoms. The van der Waals surface area contributed by atoms with Gasteiger partial charge in [-0.15, -0.1) is 11.3 Å². The maximum atomic E-state index is 12.1. The molecule has 1 saturated heterocycles. The summed E-state index contributed by atoms with van der Waals surface area (Å²) in [4.78, 5) is 26.6.